The zero-order valence-electron chi connectivity index (χ0n) is 11.8. The van der Waals surface area contributed by atoms with Crippen LogP contribution >= 0.6 is 0 Å². The first-order chi connectivity index (χ1) is 9.92. The highest BCUT2D eigenvalue weighted by Crippen LogP contribution is 2.13. The second-order valence-electron chi connectivity index (χ2n) is 4.48. The third-order valence-electron chi connectivity index (χ3n) is 2.91. The zero-order valence-corrected chi connectivity index (χ0v) is 12.6. The molecule has 2 rings (SSSR count). The van der Waals surface area contributed by atoms with Crippen molar-refractivity contribution in [2.24, 2.45) is 0 Å². The van der Waals surface area contributed by atoms with Crippen molar-refractivity contribution in [1.82, 2.24) is 9.71 Å². The molecule has 1 heterocycles. The molecule has 1 N–H and O–H groups in total. The highest BCUT2D eigenvalue weighted by atomic mass is 32.2. The van der Waals surface area contributed by atoms with Gasteiger partial charge in [0.15, 0.2) is 5.78 Å². The average Bonchev–Trinajstić information content (AvgIpc) is 2.93. The van der Waals surface area contributed by atoms with E-state index in [1.165, 1.54) is 25.1 Å². The third-order valence-corrected chi connectivity index (χ3v) is 4.31. The molecule has 0 aliphatic carbocycles. The number of nitrogens with zero attached hydrogens (tertiary/aromatic N) is 1. The molecular weight excluding hydrogens is 292 g/mol. The van der Waals surface area contributed by atoms with Crippen LogP contribution in [0, 0.1) is 0 Å². The second kappa shape index (κ2) is 6.19. The second-order valence-corrected chi connectivity index (χ2v) is 6.25. The van der Waals surface area contributed by atoms with Gasteiger partial charge in [0, 0.05) is 12.0 Å². The van der Waals surface area contributed by atoms with E-state index in [2.05, 4.69) is 9.71 Å². The predicted octanol–water partition coefficient (Wildman–Crippen LogP) is 1.92. The van der Waals surface area contributed by atoms with Crippen LogP contribution < -0.4 is 4.72 Å². The number of benzene rings is 1. The van der Waals surface area contributed by atoms with Gasteiger partial charge in [-0.3, -0.25) is 4.79 Å². The fraction of sp³-hybridized carbons (Fsp3) is 0.286. The number of hydrogen-bond donors (Lipinski definition) is 1. The van der Waals surface area contributed by atoms with Gasteiger partial charge in [-0.2, -0.15) is 0 Å². The Morgan fingerprint density at radius 2 is 2.14 bits per heavy atom. The summed E-state index contributed by atoms with van der Waals surface area (Å²) in [7, 11) is -3.71. The van der Waals surface area contributed by atoms with Crippen LogP contribution in [0.15, 0.2) is 39.8 Å². The Bertz CT molecular complexity index is 750. The number of carbonyl (C=O) groups excluding carboxylic acids is 1. The fourth-order valence-corrected chi connectivity index (χ4v) is 2.74. The quantitative estimate of drug-likeness (QED) is 0.823. The van der Waals surface area contributed by atoms with E-state index in [9.17, 15) is 13.2 Å². The summed E-state index contributed by atoms with van der Waals surface area (Å²) in [4.78, 5) is 15.3. The van der Waals surface area contributed by atoms with Crippen LogP contribution in [0.5, 0.6) is 0 Å². The number of aromatic nitrogens is 1. The smallest absolute Gasteiger partial charge is 0.241 e. The van der Waals surface area contributed by atoms with Gasteiger partial charge in [-0.25, -0.2) is 18.1 Å². The summed E-state index contributed by atoms with van der Waals surface area (Å²) in [5.41, 5.74) is 0.349. The molecule has 0 saturated heterocycles. The standard InChI is InChI=1S/C14H16N2O4S/c1-3-12-8-15-14(20-12)9-16-21(18,19)13-6-4-5-11(7-13)10(2)17/h4-8,16H,3,9H2,1-2H3. The number of carbonyl (C=O) groups is 1. The fourth-order valence-electron chi connectivity index (χ4n) is 1.72. The van der Waals surface area contributed by atoms with Gasteiger partial charge in [0.05, 0.1) is 17.6 Å². The molecule has 0 bridgehead atoms. The summed E-state index contributed by atoms with van der Waals surface area (Å²) < 4.78 is 32.1. The minimum atomic E-state index is -3.71. The van der Waals surface area contributed by atoms with E-state index in [0.29, 0.717) is 23.6 Å². The van der Waals surface area contributed by atoms with Crippen LogP contribution in [0.3, 0.4) is 0 Å². The number of rotatable bonds is 6. The summed E-state index contributed by atoms with van der Waals surface area (Å²) >= 11 is 0. The third kappa shape index (κ3) is 3.77. The van der Waals surface area contributed by atoms with Crippen molar-refractivity contribution in [3.05, 3.63) is 47.7 Å². The van der Waals surface area contributed by atoms with E-state index in [0.717, 1.165) is 0 Å². The van der Waals surface area contributed by atoms with E-state index < -0.39 is 10.0 Å². The van der Waals surface area contributed by atoms with Crippen LogP contribution in [0.4, 0.5) is 0 Å². The molecule has 0 unspecified atom stereocenters. The van der Waals surface area contributed by atoms with Crippen molar-refractivity contribution in [2.45, 2.75) is 31.7 Å². The van der Waals surface area contributed by atoms with Gasteiger partial charge >= 0.3 is 0 Å². The zero-order chi connectivity index (χ0) is 15.5. The lowest BCUT2D eigenvalue weighted by Crippen LogP contribution is -2.23. The first-order valence-corrected chi connectivity index (χ1v) is 7.95. The van der Waals surface area contributed by atoms with E-state index in [-0.39, 0.29) is 17.2 Å². The summed E-state index contributed by atoms with van der Waals surface area (Å²) in [5, 5.41) is 0. The molecule has 6 nitrogen and oxygen atoms in total. The Balaban J connectivity index is 2.14. The number of nitrogens with one attached hydrogen (secondary N) is 1. The van der Waals surface area contributed by atoms with Gasteiger partial charge in [0.2, 0.25) is 15.9 Å². The van der Waals surface area contributed by atoms with Crippen molar-refractivity contribution < 1.29 is 17.6 Å². The van der Waals surface area contributed by atoms with Crippen molar-refractivity contribution in [3.63, 3.8) is 0 Å². The van der Waals surface area contributed by atoms with Gasteiger partial charge < -0.3 is 4.42 Å². The van der Waals surface area contributed by atoms with Gasteiger partial charge in [-0.1, -0.05) is 19.1 Å². The molecule has 21 heavy (non-hydrogen) atoms. The maximum absolute atomic E-state index is 12.2. The van der Waals surface area contributed by atoms with Gasteiger partial charge in [-0.05, 0) is 19.1 Å². The normalized spacial score (nSPS) is 11.5. The Morgan fingerprint density at radius 1 is 1.38 bits per heavy atom. The molecule has 7 heteroatoms. The SMILES string of the molecule is CCc1cnc(CNS(=O)(=O)c2cccc(C(C)=O)c2)o1. The summed E-state index contributed by atoms with van der Waals surface area (Å²) in [5.74, 6) is 0.813. The first-order valence-electron chi connectivity index (χ1n) is 6.46. The van der Waals surface area contributed by atoms with Crippen LogP contribution in [0.1, 0.15) is 35.9 Å². The molecule has 1 aromatic carbocycles. The van der Waals surface area contributed by atoms with E-state index in [1.54, 1.807) is 12.3 Å². The molecule has 0 amide bonds. The van der Waals surface area contributed by atoms with Crippen molar-refractivity contribution in [1.29, 1.82) is 0 Å². The van der Waals surface area contributed by atoms with E-state index >= 15 is 0 Å². The Labute approximate surface area is 123 Å². The molecule has 2 aromatic rings. The molecular formula is C14H16N2O4S. The Morgan fingerprint density at radius 3 is 2.76 bits per heavy atom. The van der Waals surface area contributed by atoms with Crippen LogP contribution in [0.25, 0.3) is 0 Å². The molecule has 0 radical (unpaired) electrons. The highest BCUT2D eigenvalue weighted by Gasteiger charge is 2.16. The molecule has 0 aliphatic heterocycles. The Kier molecular flexibility index (Phi) is 4.54. The summed E-state index contributed by atoms with van der Waals surface area (Å²) in [6.45, 7) is 3.27. The maximum Gasteiger partial charge on any atom is 0.241 e. The van der Waals surface area contributed by atoms with Gasteiger partial charge in [-0.15, -0.1) is 0 Å². The van der Waals surface area contributed by atoms with Gasteiger partial charge in [0.25, 0.3) is 0 Å². The summed E-state index contributed by atoms with van der Waals surface area (Å²) in [6.07, 6.45) is 2.26. The average molecular weight is 308 g/mol. The molecule has 0 spiro atoms. The minimum absolute atomic E-state index is 0.0351. The monoisotopic (exact) mass is 308 g/mol. The molecule has 0 saturated carbocycles. The van der Waals surface area contributed by atoms with Crippen molar-refractivity contribution >= 4 is 15.8 Å². The number of hydrogen-bond acceptors (Lipinski definition) is 5. The number of sulfonamides is 1. The number of Topliss-reactive ketones (excluding diaryl/α,β-unsaturated/α-hetero) is 1. The van der Waals surface area contributed by atoms with Crippen molar-refractivity contribution in [2.75, 3.05) is 0 Å². The molecule has 1 aromatic heterocycles. The maximum atomic E-state index is 12.2. The predicted molar refractivity (Wildman–Crippen MR) is 76.4 cm³/mol. The summed E-state index contributed by atoms with van der Waals surface area (Å²) in [6, 6.07) is 5.88. The van der Waals surface area contributed by atoms with Crippen LogP contribution in [-0.2, 0) is 23.0 Å². The van der Waals surface area contributed by atoms with Crippen LogP contribution in [-0.4, -0.2) is 19.2 Å². The minimum Gasteiger partial charge on any atom is -0.444 e. The Hall–Kier alpha value is -1.99. The number of oxazole rings is 1. The molecule has 0 fully saturated rings. The molecule has 112 valence electrons. The lowest BCUT2D eigenvalue weighted by atomic mass is 10.2. The lowest BCUT2D eigenvalue weighted by molar-refractivity contribution is 0.101. The molecule has 0 atom stereocenters. The largest absolute Gasteiger partial charge is 0.444 e. The van der Waals surface area contributed by atoms with E-state index in [1.807, 2.05) is 6.92 Å². The first kappa shape index (κ1) is 15.4. The molecule has 0 aliphatic rings. The van der Waals surface area contributed by atoms with E-state index in [4.69, 9.17) is 4.42 Å². The van der Waals surface area contributed by atoms with Crippen LogP contribution in [0.2, 0.25) is 0 Å². The highest BCUT2D eigenvalue weighted by molar-refractivity contribution is 7.89. The number of aryl methyl sites for hydroxylation is 1. The number of ketones is 1. The van der Waals surface area contributed by atoms with Crippen molar-refractivity contribution in [3.8, 4) is 0 Å². The topological polar surface area (TPSA) is 89.3 Å². The van der Waals surface area contributed by atoms with Gasteiger partial charge in [0.1, 0.15) is 5.76 Å². The lowest BCUT2D eigenvalue weighted by Gasteiger charge is -2.06.